The topological polar surface area (TPSA) is 134 Å². The molecule has 3 amide bonds. The fourth-order valence-electron chi connectivity index (χ4n) is 3.89. The van der Waals surface area contributed by atoms with Gasteiger partial charge in [-0.1, -0.05) is 42.5 Å². The minimum absolute atomic E-state index is 0.0278. The van der Waals surface area contributed by atoms with Crippen molar-refractivity contribution in [2.45, 2.75) is 77.7 Å². The van der Waals surface area contributed by atoms with Crippen LogP contribution >= 0.6 is 0 Å². The van der Waals surface area contributed by atoms with Crippen molar-refractivity contribution in [3.05, 3.63) is 48.0 Å². The smallest absolute Gasteiger partial charge is 0.408 e. The molecule has 3 atom stereocenters. The number of hydrogen-bond donors (Lipinski definition) is 3. The summed E-state index contributed by atoms with van der Waals surface area (Å²) in [6.07, 6.45) is 3.29. The first-order valence-corrected chi connectivity index (χ1v) is 13.0. The fourth-order valence-corrected chi connectivity index (χ4v) is 3.89. The minimum Gasteiger partial charge on any atom is -0.459 e. The average molecular weight is 532 g/mol. The van der Waals surface area contributed by atoms with Crippen LogP contribution in [0.2, 0.25) is 0 Å². The number of ether oxygens (including phenoxy) is 2. The Balaban J connectivity index is 2.08. The third kappa shape index (κ3) is 11.3. The van der Waals surface area contributed by atoms with Gasteiger partial charge in [0.05, 0.1) is 19.1 Å². The first-order chi connectivity index (χ1) is 18.0. The van der Waals surface area contributed by atoms with Crippen LogP contribution in [0.5, 0.6) is 0 Å². The van der Waals surface area contributed by atoms with Gasteiger partial charge in [0.1, 0.15) is 17.7 Å². The SMILES string of the molecule is C[C@H]1CNC(=O)[C@@H](CC(=O)N(CCO)Cc2ccccc2)C/C=C/CC[C@H](NC(=O)OC(C)(C)C)C(=O)O1. The molecular formula is C28H41N3O7. The van der Waals surface area contributed by atoms with Gasteiger partial charge in [0, 0.05) is 19.5 Å². The Morgan fingerprint density at radius 3 is 2.55 bits per heavy atom. The third-order valence-corrected chi connectivity index (χ3v) is 5.80. The van der Waals surface area contributed by atoms with Crippen LogP contribution in [0.1, 0.15) is 58.9 Å². The zero-order valence-corrected chi connectivity index (χ0v) is 22.8. The van der Waals surface area contributed by atoms with Gasteiger partial charge in [-0.15, -0.1) is 0 Å². The van der Waals surface area contributed by atoms with Gasteiger partial charge in [0.25, 0.3) is 0 Å². The lowest BCUT2D eigenvalue weighted by Gasteiger charge is -2.25. The van der Waals surface area contributed by atoms with Gasteiger partial charge in [-0.25, -0.2) is 9.59 Å². The highest BCUT2D eigenvalue weighted by Gasteiger charge is 2.28. The summed E-state index contributed by atoms with van der Waals surface area (Å²) in [4.78, 5) is 52.6. The number of amides is 3. The van der Waals surface area contributed by atoms with Gasteiger partial charge in [0.15, 0.2) is 0 Å². The first kappa shape index (κ1) is 30.8. The molecule has 38 heavy (non-hydrogen) atoms. The predicted octanol–water partition coefficient (Wildman–Crippen LogP) is 2.70. The second-order valence-electron chi connectivity index (χ2n) is 10.4. The number of nitrogens with zero attached hydrogens (tertiary/aromatic N) is 1. The summed E-state index contributed by atoms with van der Waals surface area (Å²) in [7, 11) is 0. The van der Waals surface area contributed by atoms with E-state index in [-0.39, 0.29) is 44.4 Å². The Kier molecular flexibility index (Phi) is 12.3. The highest BCUT2D eigenvalue weighted by molar-refractivity contribution is 5.86. The second-order valence-corrected chi connectivity index (χ2v) is 10.4. The lowest BCUT2D eigenvalue weighted by molar-refractivity contribution is -0.151. The number of benzene rings is 1. The van der Waals surface area contributed by atoms with E-state index in [4.69, 9.17) is 9.47 Å². The van der Waals surface area contributed by atoms with E-state index in [0.29, 0.717) is 19.4 Å². The molecule has 0 saturated carbocycles. The number of aliphatic hydroxyl groups is 1. The van der Waals surface area contributed by atoms with Gasteiger partial charge in [-0.2, -0.15) is 0 Å². The highest BCUT2D eigenvalue weighted by Crippen LogP contribution is 2.16. The van der Waals surface area contributed by atoms with Gasteiger partial charge >= 0.3 is 12.1 Å². The molecular weight excluding hydrogens is 490 g/mol. The quantitative estimate of drug-likeness (QED) is 0.364. The molecule has 0 fully saturated rings. The molecule has 210 valence electrons. The van der Waals surface area contributed by atoms with Gasteiger partial charge in [-0.05, 0) is 52.5 Å². The van der Waals surface area contributed by atoms with Crippen LogP contribution in [0, 0.1) is 5.92 Å². The van der Waals surface area contributed by atoms with Crippen molar-refractivity contribution in [3.63, 3.8) is 0 Å². The molecule has 0 aliphatic carbocycles. The predicted molar refractivity (Wildman–Crippen MR) is 142 cm³/mol. The van der Waals surface area contributed by atoms with Crippen molar-refractivity contribution >= 4 is 23.9 Å². The number of aliphatic hydroxyl groups excluding tert-OH is 1. The molecule has 1 aromatic rings. The zero-order chi connectivity index (χ0) is 28.1. The summed E-state index contributed by atoms with van der Waals surface area (Å²) in [5, 5.41) is 14.8. The second kappa shape index (κ2) is 15.1. The summed E-state index contributed by atoms with van der Waals surface area (Å²) >= 11 is 0. The lowest BCUT2D eigenvalue weighted by Crippen LogP contribution is -2.46. The van der Waals surface area contributed by atoms with Crippen LogP contribution in [-0.4, -0.2) is 71.3 Å². The van der Waals surface area contributed by atoms with Crippen molar-refractivity contribution in [2.24, 2.45) is 5.92 Å². The van der Waals surface area contributed by atoms with Crippen LogP contribution in [0.4, 0.5) is 4.79 Å². The normalized spacial score (nSPS) is 22.0. The van der Waals surface area contributed by atoms with Crippen molar-refractivity contribution in [3.8, 4) is 0 Å². The number of allylic oxidation sites excluding steroid dienone is 2. The van der Waals surface area contributed by atoms with Crippen LogP contribution < -0.4 is 10.6 Å². The Labute approximate surface area is 224 Å². The summed E-state index contributed by atoms with van der Waals surface area (Å²) < 4.78 is 10.7. The van der Waals surface area contributed by atoms with Gasteiger partial charge in [0.2, 0.25) is 11.8 Å². The molecule has 1 aliphatic heterocycles. The van der Waals surface area contributed by atoms with Crippen LogP contribution in [-0.2, 0) is 30.4 Å². The molecule has 10 heteroatoms. The molecule has 0 bridgehead atoms. The summed E-state index contributed by atoms with van der Waals surface area (Å²) in [5.41, 5.74) is 0.216. The third-order valence-electron chi connectivity index (χ3n) is 5.80. The number of nitrogens with one attached hydrogen (secondary N) is 2. The molecule has 0 aromatic heterocycles. The molecule has 3 N–H and O–H groups in total. The number of cyclic esters (lactones) is 1. The van der Waals surface area contributed by atoms with E-state index in [0.717, 1.165) is 5.56 Å². The Hall–Kier alpha value is -3.40. The fraction of sp³-hybridized carbons (Fsp3) is 0.571. The maximum Gasteiger partial charge on any atom is 0.408 e. The molecule has 0 spiro atoms. The van der Waals surface area contributed by atoms with Crippen molar-refractivity contribution in [1.82, 2.24) is 15.5 Å². The van der Waals surface area contributed by atoms with E-state index >= 15 is 0 Å². The Morgan fingerprint density at radius 2 is 1.89 bits per heavy atom. The number of rotatable bonds is 7. The molecule has 0 saturated heterocycles. The lowest BCUT2D eigenvalue weighted by atomic mass is 9.98. The van der Waals surface area contributed by atoms with Crippen LogP contribution in [0.15, 0.2) is 42.5 Å². The first-order valence-electron chi connectivity index (χ1n) is 13.0. The zero-order valence-electron chi connectivity index (χ0n) is 22.8. The maximum atomic E-state index is 13.1. The van der Waals surface area contributed by atoms with E-state index in [1.807, 2.05) is 42.5 Å². The Bertz CT molecular complexity index is 959. The largest absolute Gasteiger partial charge is 0.459 e. The average Bonchev–Trinajstić information content (AvgIpc) is 2.85. The van der Waals surface area contributed by atoms with Crippen molar-refractivity contribution in [1.29, 1.82) is 0 Å². The summed E-state index contributed by atoms with van der Waals surface area (Å²) in [5.74, 6) is -1.80. The van der Waals surface area contributed by atoms with E-state index in [2.05, 4.69) is 10.6 Å². The molecule has 1 aliphatic rings. The standard InChI is InChI=1S/C28H41N3O7/c1-20-18-29-25(34)22(17-24(33)31(15-16-32)19-21-11-7-5-8-12-21)13-9-6-10-14-23(26(35)37-20)30-27(36)38-28(2,3)4/h5-9,11-12,20,22-23,32H,10,13-19H2,1-4H3,(H,29,34)(H,30,36)/b9-6+/t20-,22+,23-/m0/s1. The highest BCUT2D eigenvalue weighted by atomic mass is 16.6. The molecule has 2 rings (SSSR count). The van der Waals surface area contributed by atoms with E-state index in [9.17, 15) is 24.3 Å². The Morgan fingerprint density at radius 1 is 1.18 bits per heavy atom. The van der Waals surface area contributed by atoms with Crippen molar-refractivity contribution in [2.75, 3.05) is 19.7 Å². The summed E-state index contributed by atoms with van der Waals surface area (Å²) in [6.45, 7) is 7.21. The molecule has 1 aromatic carbocycles. The van der Waals surface area contributed by atoms with Crippen molar-refractivity contribution < 1.29 is 33.8 Å². The minimum atomic E-state index is -0.907. The maximum absolute atomic E-state index is 13.1. The van der Waals surface area contributed by atoms with Gasteiger partial charge < -0.3 is 30.1 Å². The number of alkyl carbamates (subject to hydrolysis) is 1. The molecule has 1 heterocycles. The number of carbonyl (C=O) groups is 4. The number of hydrogen-bond acceptors (Lipinski definition) is 7. The van der Waals surface area contributed by atoms with Crippen LogP contribution in [0.25, 0.3) is 0 Å². The molecule has 10 nitrogen and oxygen atoms in total. The molecule has 0 radical (unpaired) electrons. The summed E-state index contributed by atoms with van der Waals surface area (Å²) in [6, 6.07) is 8.55. The number of esters is 1. The monoisotopic (exact) mass is 531 g/mol. The van der Waals surface area contributed by atoms with E-state index < -0.39 is 35.7 Å². The van der Waals surface area contributed by atoms with Crippen LogP contribution in [0.3, 0.4) is 0 Å². The number of carbonyl (C=O) groups excluding carboxylic acids is 4. The molecule has 0 unspecified atom stereocenters. The van der Waals surface area contributed by atoms with E-state index in [1.165, 1.54) is 0 Å². The van der Waals surface area contributed by atoms with E-state index in [1.54, 1.807) is 32.6 Å². The van der Waals surface area contributed by atoms with Gasteiger partial charge in [-0.3, -0.25) is 9.59 Å².